The Morgan fingerprint density at radius 2 is 1.55 bits per heavy atom. The number of carbonyl (C=O) groups is 2. The normalized spacial score (nSPS) is 10.0. The molecule has 114 valence electrons. The van der Waals surface area contributed by atoms with Gasteiger partial charge in [-0.2, -0.15) is 0 Å². The molecule has 1 amide bonds. The summed E-state index contributed by atoms with van der Waals surface area (Å²) in [5.74, 6) is -0.176. The van der Waals surface area contributed by atoms with Gasteiger partial charge in [0, 0.05) is 5.56 Å². The van der Waals surface area contributed by atoms with Gasteiger partial charge in [0.1, 0.15) is 18.0 Å². The van der Waals surface area contributed by atoms with Crippen LogP contribution in [0.1, 0.15) is 22.8 Å². The van der Waals surface area contributed by atoms with Crippen molar-refractivity contribution >= 4 is 11.9 Å². The summed E-state index contributed by atoms with van der Waals surface area (Å²) >= 11 is 0. The van der Waals surface area contributed by atoms with E-state index < -0.39 is 18.4 Å². The first-order valence-corrected chi connectivity index (χ1v) is 6.95. The van der Waals surface area contributed by atoms with Gasteiger partial charge in [-0.25, -0.2) is 0 Å². The van der Waals surface area contributed by atoms with Crippen molar-refractivity contribution < 1.29 is 19.4 Å². The van der Waals surface area contributed by atoms with Crippen LogP contribution >= 0.6 is 0 Å². The number of benzene rings is 2. The molecule has 0 atom stereocenters. The minimum absolute atomic E-state index is 0.384. The second-order valence-electron chi connectivity index (χ2n) is 4.70. The maximum atomic E-state index is 11.7. The lowest BCUT2D eigenvalue weighted by Crippen LogP contribution is -2.29. The standard InChI is InChI=1S/C17H17NO4/c1-2-12-3-7-14(8-4-12)22-15-9-5-13(6-10-15)17(21)18-11-16(19)20/h3-10H,2,11H2,1H3,(H,18,21)(H,19,20). The first-order valence-electron chi connectivity index (χ1n) is 6.95. The predicted octanol–water partition coefficient (Wildman–Crippen LogP) is 2.86. The molecule has 0 aliphatic carbocycles. The molecule has 0 fully saturated rings. The van der Waals surface area contributed by atoms with Crippen molar-refractivity contribution in [1.82, 2.24) is 5.32 Å². The molecule has 0 aliphatic rings. The third-order valence-electron chi connectivity index (χ3n) is 3.08. The van der Waals surface area contributed by atoms with Crippen molar-refractivity contribution in [2.75, 3.05) is 6.54 Å². The van der Waals surface area contributed by atoms with Gasteiger partial charge in [-0.05, 0) is 48.4 Å². The van der Waals surface area contributed by atoms with Crippen molar-refractivity contribution in [2.24, 2.45) is 0 Å². The number of ether oxygens (including phenoxy) is 1. The molecular weight excluding hydrogens is 282 g/mol. The molecule has 0 saturated heterocycles. The Hall–Kier alpha value is -2.82. The van der Waals surface area contributed by atoms with E-state index in [0.717, 1.165) is 12.2 Å². The van der Waals surface area contributed by atoms with Crippen LogP contribution in [0.25, 0.3) is 0 Å². The smallest absolute Gasteiger partial charge is 0.322 e. The van der Waals surface area contributed by atoms with Gasteiger partial charge >= 0.3 is 5.97 Å². The van der Waals surface area contributed by atoms with Gasteiger partial charge in [0.15, 0.2) is 0 Å². The summed E-state index contributed by atoms with van der Waals surface area (Å²) in [6.45, 7) is 1.69. The highest BCUT2D eigenvalue weighted by Gasteiger charge is 2.07. The van der Waals surface area contributed by atoms with Crippen LogP contribution in [-0.4, -0.2) is 23.5 Å². The fourth-order valence-electron chi connectivity index (χ4n) is 1.86. The second kappa shape index (κ2) is 7.26. The van der Waals surface area contributed by atoms with Crippen LogP contribution in [0.15, 0.2) is 48.5 Å². The number of hydrogen-bond acceptors (Lipinski definition) is 3. The summed E-state index contributed by atoms with van der Waals surface area (Å²) in [6, 6.07) is 14.3. The number of nitrogens with one attached hydrogen (secondary N) is 1. The Morgan fingerprint density at radius 1 is 1.00 bits per heavy atom. The van der Waals surface area contributed by atoms with Crippen LogP contribution in [-0.2, 0) is 11.2 Å². The van der Waals surface area contributed by atoms with Crippen molar-refractivity contribution in [3.63, 3.8) is 0 Å². The molecule has 0 aromatic heterocycles. The Balaban J connectivity index is 1.98. The lowest BCUT2D eigenvalue weighted by atomic mass is 10.2. The molecule has 2 aromatic carbocycles. The molecule has 2 aromatic rings. The molecule has 22 heavy (non-hydrogen) atoms. The average Bonchev–Trinajstić information content (AvgIpc) is 2.54. The van der Waals surface area contributed by atoms with Crippen molar-refractivity contribution in [3.05, 3.63) is 59.7 Å². The Morgan fingerprint density at radius 3 is 2.05 bits per heavy atom. The molecule has 0 spiro atoms. The lowest BCUT2D eigenvalue weighted by molar-refractivity contribution is -0.135. The molecule has 0 saturated carbocycles. The van der Waals surface area contributed by atoms with Crippen LogP contribution in [0.4, 0.5) is 0 Å². The minimum atomic E-state index is -1.08. The van der Waals surface area contributed by atoms with E-state index in [1.807, 2.05) is 24.3 Å². The fraction of sp³-hybridized carbons (Fsp3) is 0.176. The van der Waals surface area contributed by atoms with E-state index in [4.69, 9.17) is 9.84 Å². The van der Waals surface area contributed by atoms with E-state index in [-0.39, 0.29) is 0 Å². The van der Waals surface area contributed by atoms with E-state index in [9.17, 15) is 9.59 Å². The van der Waals surface area contributed by atoms with Crippen LogP contribution in [0.3, 0.4) is 0 Å². The Labute approximate surface area is 128 Å². The SMILES string of the molecule is CCc1ccc(Oc2ccc(C(=O)NCC(=O)O)cc2)cc1. The maximum Gasteiger partial charge on any atom is 0.322 e. The molecular formula is C17H17NO4. The predicted molar refractivity (Wildman–Crippen MR) is 82.3 cm³/mol. The van der Waals surface area contributed by atoms with Crippen LogP contribution in [0, 0.1) is 0 Å². The topological polar surface area (TPSA) is 75.6 Å². The fourth-order valence-corrected chi connectivity index (χ4v) is 1.86. The summed E-state index contributed by atoms with van der Waals surface area (Å²) in [4.78, 5) is 22.1. The van der Waals surface area contributed by atoms with Crippen LogP contribution < -0.4 is 10.1 Å². The monoisotopic (exact) mass is 299 g/mol. The highest BCUT2D eigenvalue weighted by Crippen LogP contribution is 2.22. The molecule has 0 aliphatic heterocycles. The zero-order valence-electron chi connectivity index (χ0n) is 12.2. The maximum absolute atomic E-state index is 11.7. The van der Waals surface area contributed by atoms with E-state index >= 15 is 0 Å². The highest BCUT2D eigenvalue weighted by atomic mass is 16.5. The number of aliphatic carboxylic acids is 1. The van der Waals surface area contributed by atoms with Gasteiger partial charge in [0.25, 0.3) is 5.91 Å². The molecule has 5 nitrogen and oxygen atoms in total. The number of carboxylic acids is 1. The third-order valence-corrected chi connectivity index (χ3v) is 3.08. The average molecular weight is 299 g/mol. The van der Waals surface area contributed by atoms with Gasteiger partial charge in [0.2, 0.25) is 0 Å². The number of hydrogen-bond donors (Lipinski definition) is 2. The number of rotatable bonds is 6. The van der Waals surface area contributed by atoms with Crippen molar-refractivity contribution in [3.8, 4) is 11.5 Å². The summed E-state index contributed by atoms with van der Waals surface area (Å²) in [7, 11) is 0. The van der Waals surface area contributed by atoms with Crippen molar-refractivity contribution in [2.45, 2.75) is 13.3 Å². The Bertz CT molecular complexity index is 647. The third kappa shape index (κ3) is 4.34. The molecule has 5 heteroatoms. The van der Waals surface area contributed by atoms with E-state index in [0.29, 0.717) is 11.3 Å². The number of amides is 1. The van der Waals surface area contributed by atoms with E-state index in [1.54, 1.807) is 24.3 Å². The largest absolute Gasteiger partial charge is 0.480 e. The first-order chi connectivity index (χ1) is 10.6. The summed E-state index contributed by atoms with van der Waals surface area (Å²) in [5, 5.41) is 10.8. The first kappa shape index (κ1) is 15.6. The van der Waals surface area contributed by atoms with Crippen LogP contribution in [0.5, 0.6) is 11.5 Å². The van der Waals surface area contributed by atoms with Crippen LogP contribution in [0.2, 0.25) is 0 Å². The molecule has 0 bridgehead atoms. The van der Waals surface area contributed by atoms with Gasteiger partial charge in [0.05, 0.1) is 0 Å². The highest BCUT2D eigenvalue weighted by molar-refractivity contribution is 5.95. The number of carboxylic acid groups (broad SMARTS) is 1. The van der Waals surface area contributed by atoms with Gasteiger partial charge < -0.3 is 15.2 Å². The summed E-state index contributed by atoms with van der Waals surface area (Å²) < 4.78 is 5.68. The quantitative estimate of drug-likeness (QED) is 0.860. The lowest BCUT2D eigenvalue weighted by Gasteiger charge is -2.07. The van der Waals surface area contributed by atoms with E-state index in [1.165, 1.54) is 5.56 Å². The molecule has 0 radical (unpaired) electrons. The van der Waals surface area contributed by atoms with Gasteiger partial charge in [-0.1, -0.05) is 19.1 Å². The molecule has 0 unspecified atom stereocenters. The molecule has 2 N–H and O–H groups in total. The zero-order valence-corrected chi connectivity index (χ0v) is 12.2. The summed E-state index contributed by atoms with van der Waals surface area (Å²) in [6.07, 6.45) is 0.973. The van der Waals surface area contributed by atoms with Crippen molar-refractivity contribution in [1.29, 1.82) is 0 Å². The minimum Gasteiger partial charge on any atom is -0.480 e. The molecule has 2 rings (SSSR count). The van der Waals surface area contributed by atoms with E-state index in [2.05, 4.69) is 12.2 Å². The van der Waals surface area contributed by atoms with Gasteiger partial charge in [-0.3, -0.25) is 9.59 Å². The van der Waals surface area contributed by atoms with Gasteiger partial charge in [-0.15, -0.1) is 0 Å². The number of aryl methyl sites for hydroxylation is 1. The second-order valence-corrected chi connectivity index (χ2v) is 4.70. The molecule has 0 heterocycles. The number of carbonyl (C=O) groups excluding carboxylic acids is 1. The summed E-state index contributed by atoms with van der Waals surface area (Å²) in [5.41, 5.74) is 1.62. The zero-order chi connectivity index (χ0) is 15.9. The Kier molecular flexibility index (Phi) is 5.14.